The summed E-state index contributed by atoms with van der Waals surface area (Å²) in [6.07, 6.45) is 5.93. The summed E-state index contributed by atoms with van der Waals surface area (Å²) in [6, 6.07) is 16.2. The normalized spacial score (nSPS) is 11.3. The third kappa shape index (κ3) is 5.18. The van der Waals surface area contributed by atoms with Gasteiger partial charge in [-0.25, -0.2) is 8.42 Å². The molecule has 8 heteroatoms. The van der Waals surface area contributed by atoms with Crippen LogP contribution in [0.25, 0.3) is 6.08 Å². The van der Waals surface area contributed by atoms with E-state index >= 15 is 0 Å². The van der Waals surface area contributed by atoms with Gasteiger partial charge in [0.15, 0.2) is 0 Å². The molecule has 0 fully saturated rings. The van der Waals surface area contributed by atoms with Crippen LogP contribution in [0.4, 0.5) is 11.4 Å². The third-order valence-corrected chi connectivity index (χ3v) is 5.41. The molecule has 0 aliphatic rings. The van der Waals surface area contributed by atoms with Gasteiger partial charge in [0.05, 0.1) is 16.8 Å². The summed E-state index contributed by atoms with van der Waals surface area (Å²) in [5.74, 6) is -0.357. The fourth-order valence-electron chi connectivity index (χ4n) is 2.31. The first-order valence-electron chi connectivity index (χ1n) is 8.20. The van der Waals surface area contributed by atoms with Crippen LogP contribution in [0, 0.1) is 0 Å². The lowest BCUT2D eigenvalue weighted by Gasteiger charge is -2.08. The van der Waals surface area contributed by atoms with E-state index in [0.29, 0.717) is 16.4 Å². The monoisotopic (exact) mass is 413 g/mol. The molecule has 0 aliphatic carbocycles. The van der Waals surface area contributed by atoms with Crippen LogP contribution in [0.5, 0.6) is 0 Å². The molecular formula is C20H16ClN3O3S. The number of benzene rings is 2. The number of hydrogen-bond acceptors (Lipinski definition) is 4. The molecule has 0 radical (unpaired) electrons. The molecule has 0 saturated heterocycles. The Bertz CT molecular complexity index is 1100. The molecule has 0 aliphatic heterocycles. The number of aromatic nitrogens is 1. The summed E-state index contributed by atoms with van der Waals surface area (Å²) in [5, 5.41) is 3.21. The number of rotatable bonds is 6. The lowest BCUT2D eigenvalue weighted by Crippen LogP contribution is -2.13. The van der Waals surface area contributed by atoms with Gasteiger partial charge in [0.25, 0.3) is 10.0 Å². The van der Waals surface area contributed by atoms with E-state index in [4.69, 9.17) is 11.6 Å². The Morgan fingerprint density at radius 2 is 1.71 bits per heavy atom. The number of hydrogen-bond donors (Lipinski definition) is 2. The second-order valence-corrected chi connectivity index (χ2v) is 7.81. The molecule has 0 saturated carbocycles. The molecule has 1 amide bonds. The number of sulfonamides is 1. The molecule has 2 aromatic carbocycles. The number of pyridine rings is 1. The Kier molecular flexibility index (Phi) is 6.08. The standard InChI is InChI=1S/C20H16ClN3O3S/c21-19-6-2-1-4-15(19)7-12-20(25)23-16-8-10-18(11-9-16)28(26,27)24-17-5-3-13-22-14-17/h1-14,24H,(H,23,25)/b12-7+. The topological polar surface area (TPSA) is 88.2 Å². The molecular weight excluding hydrogens is 398 g/mol. The minimum Gasteiger partial charge on any atom is -0.323 e. The van der Waals surface area contributed by atoms with Gasteiger partial charge in [-0.2, -0.15) is 0 Å². The van der Waals surface area contributed by atoms with E-state index in [-0.39, 0.29) is 10.8 Å². The number of carbonyl (C=O) groups is 1. The summed E-state index contributed by atoms with van der Waals surface area (Å²) >= 11 is 6.04. The summed E-state index contributed by atoms with van der Waals surface area (Å²) in [4.78, 5) is 16.0. The minimum absolute atomic E-state index is 0.0703. The third-order valence-electron chi connectivity index (χ3n) is 3.67. The zero-order valence-electron chi connectivity index (χ0n) is 14.5. The second-order valence-electron chi connectivity index (χ2n) is 5.72. The number of nitrogens with one attached hydrogen (secondary N) is 2. The van der Waals surface area contributed by atoms with E-state index in [2.05, 4.69) is 15.0 Å². The molecule has 0 bridgehead atoms. The molecule has 0 atom stereocenters. The van der Waals surface area contributed by atoms with Crippen molar-refractivity contribution in [2.75, 3.05) is 10.0 Å². The van der Waals surface area contributed by atoms with Gasteiger partial charge < -0.3 is 5.32 Å². The largest absolute Gasteiger partial charge is 0.323 e. The fraction of sp³-hybridized carbons (Fsp3) is 0. The average molecular weight is 414 g/mol. The quantitative estimate of drug-likeness (QED) is 0.593. The Morgan fingerprint density at radius 3 is 2.39 bits per heavy atom. The highest BCUT2D eigenvalue weighted by atomic mass is 35.5. The number of amides is 1. The molecule has 1 heterocycles. The maximum atomic E-state index is 12.4. The molecule has 142 valence electrons. The lowest BCUT2D eigenvalue weighted by molar-refractivity contribution is -0.111. The highest BCUT2D eigenvalue weighted by Crippen LogP contribution is 2.18. The highest BCUT2D eigenvalue weighted by molar-refractivity contribution is 7.92. The molecule has 0 unspecified atom stereocenters. The minimum atomic E-state index is -3.74. The van der Waals surface area contributed by atoms with Crippen LogP contribution < -0.4 is 10.0 Å². The zero-order chi connectivity index (χ0) is 20.0. The first kappa shape index (κ1) is 19.6. The van der Waals surface area contributed by atoms with Gasteiger partial charge in [-0.1, -0.05) is 29.8 Å². The number of anilines is 2. The fourth-order valence-corrected chi connectivity index (χ4v) is 3.56. The lowest BCUT2D eigenvalue weighted by atomic mass is 10.2. The predicted molar refractivity (Wildman–Crippen MR) is 111 cm³/mol. The average Bonchev–Trinajstić information content (AvgIpc) is 2.68. The van der Waals surface area contributed by atoms with Crippen molar-refractivity contribution in [1.82, 2.24) is 4.98 Å². The van der Waals surface area contributed by atoms with Crippen LogP contribution in [0.3, 0.4) is 0 Å². The SMILES string of the molecule is O=C(/C=C/c1ccccc1Cl)Nc1ccc(S(=O)(=O)Nc2cccnc2)cc1. The van der Waals surface area contributed by atoms with Crippen LogP contribution in [0.2, 0.25) is 5.02 Å². The van der Waals surface area contributed by atoms with Crippen LogP contribution >= 0.6 is 11.6 Å². The number of nitrogens with zero attached hydrogens (tertiary/aromatic N) is 1. The van der Waals surface area contributed by atoms with Gasteiger partial charge >= 0.3 is 0 Å². The van der Waals surface area contributed by atoms with Crippen molar-refractivity contribution in [3.8, 4) is 0 Å². The van der Waals surface area contributed by atoms with E-state index in [1.807, 2.05) is 6.07 Å². The van der Waals surface area contributed by atoms with Crippen molar-refractivity contribution in [3.05, 3.63) is 89.7 Å². The summed E-state index contributed by atoms with van der Waals surface area (Å²) < 4.78 is 27.2. The Hall–Kier alpha value is -3.16. The Balaban J connectivity index is 1.65. The Morgan fingerprint density at radius 1 is 0.964 bits per heavy atom. The summed E-state index contributed by atoms with van der Waals surface area (Å²) in [7, 11) is -3.74. The van der Waals surface area contributed by atoms with Gasteiger partial charge in [0.2, 0.25) is 5.91 Å². The van der Waals surface area contributed by atoms with E-state index in [1.54, 1.807) is 42.6 Å². The van der Waals surface area contributed by atoms with Gasteiger partial charge in [-0.3, -0.25) is 14.5 Å². The van der Waals surface area contributed by atoms with Crippen LogP contribution in [0.1, 0.15) is 5.56 Å². The second kappa shape index (κ2) is 8.69. The smallest absolute Gasteiger partial charge is 0.261 e. The van der Waals surface area contributed by atoms with Crippen molar-refractivity contribution in [2.24, 2.45) is 0 Å². The van der Waals surface area contributed by atoms with Gasteiger partial charge in [0.1, 0.15) is 0 Å². The summed E-state index contributed by atoms with van der Waals surface area (Å²) in [6.45, 7) is 0. The summed E-state index contributed by atoms with van der Waals surface area (Å²) in [5.41, 5.74) is 1.56. The van der Waals surface area contributed by atoms with Gasteiger partial charge in [-0.15, -0.1) is 0 Å². The zero-order valence-corrected chi connectivity index (χ0v) is 16.1. The molecule has 2 N–H and O–H groups in total. The van der Waals surface area contributed by atoms with Crippen LogP contribution in [-0.4, -0.2) is 19.3 Å². The number of halogens is 1. The number of carbonyl (C=O) groups excluding carboxylic acids is 1. The van der Waals surface area contributed by atoms with Crippen LogP contribution in [0.15, 0.2) is 84.0 Å². The molecule has 6 nitrogen and oxygen atoms in total. The Labute approximate surface area is 167 Å². The van der Waals surface area contributed by atoms with Gasteiger partial charge in [0, 0.05) is 23.0 Å². The first-order valence-corrected chi connectivity index (χ1v) is 10.1. The van der Waals surface area contributed by atoms with E-state index < -0.39 is 10.0 Å². The van der Waals surface area contributed by atoms with Gasteiger partial charge in [-0.05, 0) is 54.1 Å². The molecule has 1 aromatic heterocycles. The van der Waals surface area contributed by atoms with Crippen LogP contribution in [-0.2, 0) is 14.8 Å². The molecule has 3 aromatic rings. The maximum Gasteiger partial charge on any atom is 0.261 e. The van der Waals surface area contributed by atoms with Crippen molar-refractivity contribution in [1.29, 1.82) is 0 Å². The molecule has 0 spiro atoms. The van der Waals surface area contributed by atoms with Crippen molar-refractivity contribution >= 4 is 45.0 Å². The van der Waals surface area contributed by atoms with Crippen molar-refractivity contribution in [2.45, 2.75) is 4.90 Å². The maximum absolute atomic E-state index is 12.4. The van der Waals surface area contributed by atoms with E-state index in [1.165, 1.54) is 36.5 Å². The first-order chi connectivity index (χ1) is 13.4. The van der Waals surface area contributed by atoms with Crippen molar-refractivity contribution < 1.29 is 13.2 Å². The van der Waals surface area contributed by atoms with Crippen molar-refractivity contribution in [3.63, 3.8) is 0 Å². The molecule has 3 rings (SSSR count). The predicted octanol–water partition coefficient (Wildman–Crippen LogP) is 4.19. The van der Waals surface area contributed by atoms with E-state index in [9.17, 15) is 13.2 Å². The highest BCUT2D eigenvalue weighted by Gasteiger charge is 2.14. The molecule has 28 heavy (non-hydrogen) atoms. The van der Waals surface area contributed by atoms with E-state index in [0.717, 1.165) is 5.56 Å².